The number of hydrogen-bond acceptors (Lipinski definition) is 14. The Morgan fingerprint density at radius 1 is 0.590 bits per heavy atom. The molecule has 0 bridgehead atoms. The molecule has 0 fully saturated rings. The maximum Gasteiger partial charge on any atom is 0.330 e. The summed E-state index contributed by atoms with van der Waals surface area (Å²) in [6.07, 6.45) is 5.24. The number of methoxy groups -OCH3 is 4. The summed E-state index contributed by atoms with van der Waals surface area (Å²) >= 11 is 6.67. The Morgan fingerprint density at radius 2 is 0.918 bits per heavy atom. The number of rotatable bonds is 26. The van der Waals surface area contributed by atoms with Crippen LogP contribution in [-0.2, 0) is 36.0 Å². The number of hydrogen-bond donors (Lipinski definition) is 0. The number of carbonyl (C=O) groups excluding carboxylic acids is 2. The van der Waals surface area contributed by atoms with E-state index in [1.807, 2.05) is 36.8 Å². The highest BCUT2D eigenvalue weighted by Gasteiger charge is 2.31. The van der Waals surface area contributed by atoms with E-state index >= 15 is 0 Å². The molecule has 4 aromatic rings. The molecular formula is C47H56O10S4. The number of benzene rings is 4. The van der Waals surface area contributed by atoms with Crippen molar-refractivity contribution < 1.29 is 47.5 Å². The van der Waals surface area contributed by atoms with Crippen molar-refractivity contribution in [3.63, 3.8) is 0 Å². The van der Waals surface area contributed by atoms with Crippen molar-refractivity contribution in [3.8, 4) is 34.5 Å². The Kier molecular flexibility index (Phi) is 20.0. The van der Waals surface area contributed by atoms with Gasteiger partial charge in [0.15, 0.2) is 23.0 Å². The minimum atomic E-state index is -0.655. The molecule has 0 saturated heterocycles. The molecule has 328 valence electrons. The summed E-state index contributed by atoms with van der Waals surface area (Å²) in [7, 11) is 6.24. The van der Waals surface area contributed by atoms with Crippen molar-refractivity contribution in [1.82, 2.24) is 0 Å². The van der Waals surface area contributed by atoms with Crippen LogP contribution in [0.25, 0.3) is 0 Å². The van der Waals surface area contributed by atoms with Crippen molar-refractivity contribution in [2.75, 3.05) is 65.7 Å². The van der Waals surface area contributed by atoms with Gasteiger partial charge in [0, 0.05) is 50.4 Å². The number of ether oxygens (including phenoxy) is 8. The molecule has 0 aliphatic heterocycles. The molecule has 4 rings (SSSR count). The highest BCUT2D eigenvalue weighted by molar-refractivity contribution is 7.99. The fourth-order valence-corrected chi connectivity index (χ4v) is 8.77. The van der Waals surface area contributed by atoms with Crippen molar-refractivity contribution in [2.24, 2.45) is 0 Å². The van der Waals surface area contributed by atoms with Crippen molar-refractivity contribution in [1.29, 1.82) is 0 Å². The normalized spacial score (nSPS) is 12.1. The van der Waals surface area contributed by atoms with Gasteiger partial charge in [-0.3, -0.25) is 0 Å². The summed E-state index contributed by atoms with van der Waals surface area (Å²) < 4.78 is 47.4. The van der Waals surface area contributed by atoms with E-state index < -0.39 is 29.6 Å². The standard InChI is InChI=1S/C47H56O10S4/c1-11-43(48)56-35(29-60-27-31-13-17-37(58-9)18-14-31)25-54-45-39(50-5)21-33(22-40(45)51-6)47(3,4)34-23-41(52-7)46(42(24-34)53-8)55-26-36(57-44(49)12-2)30-61-28-32-15-19-38(59-10)20-16-32/h11-24,35-36H,1-2,25-30H2,3-10H3. The lowest BCUT2D eigenvalue weighted by molar-refractivity contribution is -0.144. The molecule has 0 aliphatic carbocycles. The van der Waals surface area contributed by atoms with E-state index in [0.717, 1.165) is 34.8 Å². The first-order valence-corrected chi connectivity index (χ1v) is 24.0. The predicted molar refractivity (Wildman–Crippen MR) is 251 cm³/mol. The minimum Gasteiger partial charge on any atom is -0.493 e. The second-order valence-electron chi connectivity index (χ2n) is 13.9. The molecule has 4 aromatic carbocycles. The quantitative estimate of drug-likeness (QED) is 0.0339. The molecule has 2 unspecified atom stereocenters. The number of carbonyl (C=O) groups is 2. The van der Waals surface area contributed by atoms with E-state index in [-0.39, 0.29) is 13.2 Å². The van der Waals surface area contributed by atoms with Crippen LogP contribution in [0.15, 0.2) is 108 Å². The van der Waals surface area contributed by atoms with Crippen LogP contribution >= 0.6 is 47.0 Å². The van der Waals surface area contributed by atoms with Crippen LogP contribution in [0.3, 0.4) is 0 Å². The van der Waals surface area contributed by atoms with Crippen LogP contribution in [0, 0.1) is 0 Å². The third kappa shape index (κ3) is 14.3. The lowest BCUT2D eigenvalue weighted by atomic mass is 9.77. The smallest absolute Gasteiger partial charge is 0.330 e. The first kappa shape index (κ1) is 49.2. The van der Waals surface area contributed by atoms with E-state index in [9.17, 15) is 9.59 Å². The average Bonchev–Trinajstić information content (AvgIpc) is 3.29. The molecule has 0 aromatic heterocycles. The van der Waals surface area contributed by atoms with Crippen molar-refractivity contribution >= 4 is 59.0 Å². The van der Waals surface area contributed by atoms with Crippen LogP contribution < -0.4 is 28.4 Å². The molecule has 14 heteroatoms. The molecule has 61 heavy (non-hydrogen) atoms. The summed E-state index contributed by atoms with van der Waals surface area (Å²) in [6.45, 7) is 11.3. The highest BCUT2D eigenvalue weighted by Crippen LogP contribution is 2.47. The molecule has 0 amide bonds. The zero-order valence-corrected chi connectivity index (χ0v) is 39.4. The average molecular weight is 909 g/mol. The molecule has 2 atom stereocenters. The first-order valence-electron chi connectivity index (χ1n) is 19.3. The lowest BCUT2D eigenvalue weighted by Gasteiger charge is -2.29. The molecule has 0 N–H and O–H groups in total. The van der Waals surface area contributed by atoms with Gasteiger partial charge in [-0.25, -0.2) is 9.59 Å². The van der Waals surface area contributed by atoms with Gasteiger partial charge in [-0.2, -0.15) is 23.5 Å². The van der Waals surface area contributed by atoms with E-state index in [2.05, 4.69) is 75.5 Å². The largest absolute Gasteiger partial charge is 0.493 e. The number of thioether (sulfide) groups is 4. The van der Waals surface area contributed by atoms with E-state index in [4.69, 9.17) is 37.9 Å². The van der Waals surface area contributed by atoms with Crippen LogP contribution in [0.4, 0.5) is 0 Å². The number of esters is 2. The molecule has 0 saturated carbocycles. The summed E-state index contributed by atoms with van der Waals surface area (Å²) in [6, 6.07) is 24.4. The van der Waals surface area contributed by atoms with Gasteiger partial charge in [0.2, 0.25) is 11.5 Å². The fourth-order valence-electron chi connectivity index (χ4n) is 6.00. The van der Waals surface area contributed by atoms with E-state index in [1.165, 1.54) is 20.9 Å². The second kappa shape index (κ2) is 24.8. The van der Waals surface area contributed by atoms with Crippen molar-refractivity contribution in [2.45, 2.75) is 52.8 Å². The van der Waals surface area contributed by atoms with Gasteiger partial charge in [0.25, 0.3) is 0 Å². The van der Waals surface area contributed by atoms with Crippen LogP contribution in [-0.4, -0.2) is 89.8 Å². The Bertz CT molecular complexity index is 1860. The van der Waals surface area contributed by atoms with Gasteiger partial charge in [-0.05, 0) is 83.3 Å². The van der Waals surface area contributed by atoms with Gasteiger partial charge in [-0.1, -0.05) is 51.3 Å². The SMILES string of the molecule is C=CC(=O)OC(COc1c(OC)cc(C(C)(C)c2cc(OC)c(OCC(CSCc3ccc(SC)cc3)OC(=O)C=C)c(OC)c2)cc1OC)CSCc1ccc(SC)cc1. The van der Waals surface area contributed by atoms with E-state index in [0.29, 0.717) is 46.0 Å². The molecule has 10 nitrogen and oxygen atoms in total. The van der Waals surface area contributed by atoms with Gasteiger partial charge in [0.05, 0.1) is 28.4 Å². The molecule has 0 radical (unpaired) electrons. The Morgan fingerprint density at radius 3 is 1.20 bits per heavy atom. The van der Waals surface area contributed by atoms with Gasteiger partial charge < -0.3 is 37.9 Å². The molecule has 0 heterocycles. The van der Waals surface area contributed by atoms with Crippen LogP contribution in [0.2, 0.25) is 0 Å². The topological polar surface area (TPSA) is 108 Å². The maximum absolute atomic E-state index is 12.3. The Balaban J connectivity index is 1.53. The van der Waals surface area contributed by atoms with Crippen molar-refractivity contribution in [3.05, 3.63) is 120 Å². The summed E-state index contributed by atoms with van der Waals surface area (Å²) in [4.78, 5) is 27.0. The Hall–Kier alpha value is -4.50. The lowest BCUT2D eigenvalue weighted by Crippen LogP contribution is -2.27. The zero-order chi connectivity index (χ0) is 44.4. The highest BCUT2D eigenvalue weighted by atomic mass is 32.2. The minimum absolute atomic E-state index is 0.0573. The summed E-state index contributed by atoms with van der Waals surface area (Å²) in [5.74, 6) is 3.91. The fraction of sp³-hybridized carbons (Fsp3) is 0.362. The summed E-state index contributed by atoms with van der Waals surface area (Å²) in [5.41, 5.74) is 3.38. The summed E-state index contributed by atoms with van der Waals surface area (Å²) in [5, 5.41) is 0. The van der Waals surface area contributed by atoms with Crippen LogP contribution in [0.5, 0.6) is 34.5 Å². The van der Waals surface area contributed by atoms with Gasteiger partial charge >= 0.3 is 11.9 Å². The maximum atomic E-state index is 12.3. The monoisotopic (exact) mass is 908 g/mol. The van der Waals surface area contributed by atoms with E-state index in [1.54, 1.807) is 75.5 Å². The van der Waals surface area contributed by atoms with Crippen LogP contribution in [0.1, 0.15) is 36.1 Å². The molecule has 0 spiro atoms. The molecule has 0 aliphatic rings. The zero-order valence-electron chi connectivity index (χ0n) is 36.1. The third-order valence-electron chi connectivity index (χ3n) is 9.55. The second-order valence-corrected chi connectivity index (χ2v) is 17.7. The first-order chi connectivity index (χ1) is 29.4. The van der Waals surface area contributed by atoms with Gasteiger partial charge in [0.1, 0.15) is 25.4 Å². The molecular weight excluding hydrogens is 853 g/mol. The third-order valence-corrected chi connectivity index (χ3v) is 13.3. The van der Waals surface area contributed by atoms with Gasteiger partial charge in [-0.15, -0.1) is 23.5 Å². The predicted octanol–water partition coefficient (Wildman–Crippen LogP) is 10.3. The Labute approximate surface area is 377 Å².